The Morgan fingerprint density at radius 1 is 1.39 bits per heavy atom. The summed E-state index contributed by atoms with van der Waals surface area (Å²) in [5.74, 6) is 1.61. The molecule has 1 aromatic heterocycles. The van der Waals surface area contributed by atoms with Crippen molar-refractivity contribution in [1.29, 1.82) is 0 Å². The fourth-order valence-corrected chi connectivity index (χ4v) is 4.07. The van der Waals surface area contributed by atoms with Crippen LogP contribution in [0, 0.1) is 5.82 Å². The Morgan fingerprint density at radius 2 is 2.11 bits per heavy atom. The van der Waals surface area contributed by atoms with Crippen LogP contribution >= 0.6 is 47.1 Å². The predicted octanol–water partition coefficient (Wildman–Crippen LogP) is 4.80. The maximum absolute atomic E-state index is 12.9. The van der Waals surface area contributed by atoms with Gasteiger partial charge in [0.1, 0.15) is 16.9 Å². The summed E-state index contributed by atoms with van der Waals surface area (Å²) in [7, 11) is 5.48. The second-order valence-electron chi connectivity index (χ2n) is 6.04. The molecule has 0 aliphatic carbocycles. The first-order chi connectivity index (χ1) is 13.0. The van der Waals surface area contributed by atoms with Crippen molar-refractivity contribution in [3.05, 3.63) is 46.2 Å². The van der Waals surface area contributed by atoms with E-state index < -0.39 is 0 Å². The summed E-state index contributed by atoms with van der Waals surface area (Å²) in [6.45, 7) is 3.52. The molecule has 0 aliphatic heterocycles. The zero-order chi connectivity index (χ0) is 19.6. The molecule has 156 valence electrons. The van der Waals surface area contributed by atoms with E-state index in [-0.39, 0.29) is 35.9 Å². The number of thiazole rings is 1. The molecule has 0 saturated carbocycles. The van der Waals surface area contributed by atoms with Crippen LogP contribution < -0.4 is 5.32 Å². The van der Waals surface area contributed by atoms with Crippen molar-refractivity contribution >= 4 is 53.0 Å². The van der Waals surface area contributed by atoms with Gasteiger partial charge in [-0.05, 0) is 43.4 Å². The summed E-state index contributed by atoms with van der Waals surface area (Å²) < 4.78 is 18.2. The Labute approximate surface area is 192 Å². The van der Waals surface area contributed by atoms with E-state index in [4.69, 9.17) is 4.74 Å². The molecular formula is C19H28FIN4OS2. The lowest BCUT2D eigenvalue weighted by molar-refractivity contribution is 0.119. The number of aliphatic imine (C=N–C) groups is 1. The zero-order valence-corrected chi connectivity index (χ0v) is 20.6. The van der Waals surface area contributed by atoms with Crippen LogP contribution in [0.15, 0.2) is 39.5 Å². The van der Waals surface area contributed by atoms with E-state index >= 15 is 0 Å². The van der Waals surface area contributed by atoms with Crippen LogP contribution in [0.5, 0.6) is 0 Å². The largest absolute Gasteiger partial charge is 0.375 e. The molecule has 9 heteroatoms. The van der Waals surface area contributed by atoms with Gasteiger partial charge in [0.15, 0.2) is 5.96 Å². The van der Waals surface area contributed by atoms with Crippen LogP contribution in [0.1, 0.15) is 30.2 Å². The molecule has 5 nitrogen and oxygen atoms in total. The molecule has 0 amide bonds. The third kappa shape index (κ3) is 8.22. The van der Waals surface area contributed by atoms with Crippen molar-refractivity contribution in [2.75, 3.05) is 33.5 Å². The summed E-state index contributed by atoms with van der Waals surface area (Å²) in [5, 5.41) is 6.43. The van der Waals surface area contributed by atoms with Crippen molar-refractivity contribution in [3.8, 4) is 0 Å². The quantitative estimate of drug-likeness (QED) is 0.164. The number of hydrogen-bond donors (Lipinski definition) is 1. The molecular weight excluding hydrogens is 510 g/mol. The van der Waals surface area contributed by atoms with E-state index in [9.17, 15) is 4.39 Å². The van der Waals surface area contributed by atoms with Gasteiger partial charge in [-0.2, -0.15) is 0 Å². The van der Waals surface area contributed by atoms with Gasteiger partial charge in [-0.15, -0.1) is 47.1 Å². The number of aromatic nitrogens is 1. The number of halogens is 2. The van der Waals surface area contributed by atoms with E-state index in [1.807, 2.05) is 26.1 Å². The highest BCUT2D eigenvalue weighted by Crippen LogP contribution is 2.21. The van der Waals surface area contributed by atoms with Gasteiger partial charge in [-0.3, -0.25) is 4.99 Å². The van der Waals surface area contributed by atoms with Crippen molar-refractivity contribution < 1.29 is 9.13 Å². The van der Waals surface area contributed by atoms with E-state index in [1.54, 1.807) is 37.3 Å². The average molecular weight is 538 g/mol. The lowest BCUT2D eigenvalue weighted by atomic mass is 10.4. The monoisotopic (exact) mass is 538 g/mol. The number of nitrogens with zero attached hydrogens (tertiary/aromatic N) is 3. The molecule has 0 radical (unpaired) electrons. The van der Waals surface area contributed by atoms with Gasteiger partial charge in [-0.1, -0.05) is 0 Å². The molecule has 28 heavy (non-hydrogen) atoms. The van der Waals surface area contributed by atoms with E-state index in [0.29, 0.717) is 6.54 Å². The van der Waals surface area contributed by atoms with Crippen LogP contribution in [0.4, 0.5) is 4.39 Å². The second-order valence-corrected chi connectivity index (χ2v) is 8.10. The van der Waals surface area contributed by atoms with E-state index in [1.165, 1.54) is 12.1 Å². The molecule has 0 aliphatic rings. The Balaban J connectivity index is 0.00000392. The van der Waals surface area contributed by atoms with Gasteiger partial charge in [0.05, 0.1) is 12.2 Å². The summed E-state index contributed by atoms with van der Waals surface area (Å²) in [6, 6.07) is 6.61. The van der Waals surface area contributed by atoms with Gasteiger partial charge in [0, 0.05) is 38.0 Å². The average Bonchev–Trinajstić information content (AvgIpc) is 3.13. The highest BCUT2D eigenvalue weighted by atomic mass is 127. The fraction of sp³-hybridized carbons (Fsp3) is 0.474. The summed E-state index contributed by atoms with van der Waals surface area (Å²) >= 11 is 3.34. The highest BCUT2D eigenvalue weighted by molar-refractivity contribution is 14.0. The SMILES string of the molecule is CN=C(NCCCSc1ccc(F)cc1)N(C)Cc1csc(C(C)OC)n1.I. The van der Waals surface area contributed by atoms with Crippen molar-refractivity contribution in [2.45, 2.75) is 30.9 Å². The predicted molar refractivity (Wildman–Crippen MR) is 128 cm³/mol. The van der Waals surface area contributed by atoms with E-state index in [0.717, 1.165) is 40.3 Å². The molecule has 2 aromatic rings. The number of thioether (sulfide) groups is 1. The number of methoxy groups -OCH3 is 1. The van der Waals surface area contributed by atoms with Crippen molar-refractivity contribution in [3.63, 3.8) is 0 Å². The standard InChI is InChI=1S/C19H27FN4OS2.HI/c1-14(25-4)18-23-16(13-27-18)12-24(3)19(21-2)22-10-5-11-26-17-8-6-15(20)7-9-17;/h6-9,13-14H,5,10-12H2,1-4H3,(H,21,22);1H. The van der Waals surface area contributed by atoms with Crippen LogP contribution in [0.2, 0.25) is 0 Å². The fourth-order valence-electron chi connectivity index (χ4n) is 2.38. The topological polar surface area (TPSA) is 49.8 Å². The molecule has 1 atom stereocenters. The minimum Gasteiger partial charge on any atom is -0.375 e. The molecule has 1 unspecified atom stereocenters. The molecule has 1 aromatic carbocycles. The molecule has 1 N–H and O–H groups in total. The number of ether oxygens (including phenoxy) is 1. The summed E-state index contributed by atoms with van der Waals surface area (Å²) in [6.07, 6.45) is 1.01. The normalized spacial score (nSPS) is 12.4. The molecule has 0 bridgehead atoms. The maximum Gasteiger partial charge on any atom is 0.193 e. The van der Waals surface area contributed by atoms with Crippen LogP contribution in [0.3, 0.4) is 0 Å². The van der Waals surface area contributed by atoms with Gasteiger partial charge >= 0.3 is 0 Å². The summed E-state index contributed by atoms with van der Waals surface area (Å²) in [4.78, 5) is 12.1. The van der Waals surface area contributed by atoms with Gasteiger partial charge in [0.25, 0.3) is 0 Å². The third-order valence-corrected chi connectivity index (χ3v) is 6.08. The first kappa shape index (κ1) is 25.1. The third-order valence-electron chi connectivity index (χ3n) is 3.93. The Morgan fingerprint density at radius 3 is 2.75 bits per heavy atom. The molecule has 1 heterocycles. The smallest absolute Gasteiger partial charge is 0.193 e. The minimum atomic E-state index is -0.197. The number of guanidine groups is 1. The molecule has 2 rings (SSSR count). The Bertz CT molecular complexity index is 727. The first-order valence-electron chi connectivity index (χ1n) is 8.80. The van der Waals surface area contributed by atoms with Crippen molar-refractivity contribution in [2.24, 2.45) is 4.99 Å². The Hall–Kier alpha value is -0.910. The zero-order valence-electron chi connectivity index (χ0n) is 16.6. The van der Waals surface area contributed by atoms with Gasteiger partial charge in [-0.25, -0.2) is 9.37 Å². The highest BCUT2D eigenvalue weighted by Gasteiger charge is 2.12. The van der Waals surface area contributed by atoms with Crippen molar-refractivity contribution in [1.82, 2.24) is 15.2 Å². The number of rotatable bonds is 9. The van der Waals surface area contributed by atoms with Crippen LogP contribution in [0.25, 0.3) is 0 Å². The second kappa shape index (κ2) is 13.3. The maximum atomic E-state index is 12.9. The van der Waals surface area contributed by atoms with Gasteiger partial charge in [0.2, 0.25) is 0 Å². The molecule has 0 spiro atoms. The molecule has 0 fully saturated rings. The summed E-state index contributed by atoms with van der Waals surface area (Å²) in [5.41, 5.74) is 1.01. The number of nitrogens with one attached hydrogen (secondary N) is 1. The van der Waals surface area contributed by atoms with Crippen LogP contribution in [-0.4, -0.2) is 49.3 Å². The Kier molecular flexibility index (Phi) is 12.0. The lowest BCUT2D eigenvalue weighted by Crippen LogP contribution is -2.39. The number of benzene rings is 1. The molecule has 0 saturated heterocycles. The van der Waals surface area contributed by atoms with E-state index in [2.05, 4.69) is 25.6 Å². The van der Waals surface area contributed by atoms with Crippen LogP contribution in [-0.2, 0) is 11.3 Å². The first-order valence-corrected chi connectivity index (χ1v) is 10.7. The lowest BCUT2D eigenvalue weighted by Gasteiger charge is -2.21. The minimum absolute atomic E-state index is 0. The number of hydrogen-bond acceptors (Lipinski definition) is 5. The van der Waals surface area contributed by atoms with Gasteiger partial charge < -0.3 is 15.0 Å².